The number of nitrogens with zero attached hydrogens (tertiary/aromatic N) is 5. The average Bonchev–Trinajstić information content (AvgIpc) is 3.36. The van der Waals surface area contributed by atoms with Crippen LogP contribution < -0.4 is 4.74 Å². The molecule has 0 amide bonds. The van der Waals surface area contributed by atoms with Crippen LogP contribution in [-0.2, 0) is 6.54 Å². The maximum Gasteiger partial charge on any atom is 0.212 e. The number of methoxy groups -OCH3 is 1. The first-order valence-corrected chi connectivity index (χ1v) is 12.8. The summed E-state index contributed by atoms with van der Waals surface area (Å²) in [5.41, 5.74) is 2.54. The Morgan fingerprint density at radius 3 is 2.57 bits per heavy atom. The van der Waals surface area contributed by atoms with Crippen molar-refractivity contribution in [3.05, 3.63) is 41.3 Å². The van der Waals surface area contributed by atoms with Crippen LogP contribution in [0, 0.1) is 40.4 Å². The number of rotatable bonds is 6. The number of pyridine rings is 1. The zero-order chi connectivity index (χ0) is 24.9. The van der Waals surface area contributed by atoms with Crippen LogP contribution >= 0.6 is 0 Å². The molecule has 2 aromatic heterocycles. The van der Waals surface area contributed by atoms with Crippen LogP contribution in [0.5, 0.6) is 5.88 Å². The van der Waals surface area contributed by atoms with Crippen molar-refractivity contribution in [1.82, 2.24) is 25.0 Å². The van der Waals surface area contributed by atoms with Crippen LogP contribution in [0.15, 0.2) is 24.5 Å². The molecule has 35 heavy (non-hydrogen) atoms. The first kappa shape index (κ1) is 24.0. The second-order valence-corrected chi connectivity index (χ2v) is 11.1. The highest BCUT2D eigenvalue weighted by atomic mass is 16.5. The predicted molar refractivity (Wildman–Crippen MR) is 134 cm³/mol. The van der Waals surface area contributed by atoms with E-state index in [1.165, 1.54) is 12.0 Å². The van der Waals surface area contributed by atoms with Gasteiger partial charge >= 0.3 is 0 Å². The third-order valence-electron chi connectivity index (χ3n) is 9.85. The first-order valence-electron chi connectivity index (χ1n) is 12.8. The molecule has 2 bridgehead atoms. The van der Waals surface area contributed by atoms with Gasteiger partial charge in [-0.05, 0) is 42.9 Å². The number of piperidine rings is 1. The molecule has 0 spiro atoms. The van der Waals surface area contributed by atoms with E-state index in [0.717, 1.165) is 25.3 Å². The van der Waals surface area contributed by atoms with E-state index < -0.39 is 0 Å². The number of ether oxygens (including phenoxy) is 1. The predicted octanol–water partition coefficient (Wildman–Crippen LogP) is 3.67. The molecule has 0 aromatic carbocycles. The van der Waals surface area contributed by atoms with Gasteiger partial charge in [0, 0.05) is 61.4 Å². The summed E-state index contributed by atoms with van der Waals surface area (Å²) in [6, 6.07) is 7.40. The molecule has 2 aromatic rings. The smallest absolute Gasteiger partial charge is 0.212 e. The minimum Gasteiger partial charge on any atom is -0.481 e. The zero-order valence-electron chi connectivity index (χ0n) is 21.4. The highest BCUT2D eigenvalue weighted by Gasteiger charge is 2.59. The van der Waals surface area contributed by atoms with Crippen LogP contribution in [0.3, 0.4) is 0 Å². The van der Waals surface area contributed by atoms with E-state index in [1.54, 1.807) is 19.5 Å². The van der Waals surface area contributed by atoms with E-state index >= 15 is 0 Å². The molecule has 5 heterocycles. The van der Waals surface area contributed by atoms with Gasteiger partial charge in [0.15, 0.2) is 0 Å². The first-order chi connectivity index (χ1) is 16.8. The Morgan fingerprint density at radius 1 is 1.23 bits per heavy atom. The Bertz CT molecular complexity index is 1100. The van der Waals surface area contributed by atoms with Crippen LogP contribution in [0.2, 0.25) is 0 Å². The number of nitriles is 1. The van der Waals surface area contributed by atoms with E-state index in [-0.39, 0.29) is 17.4 Å². The Labute approximate surface area is 208 Å². The number of aromatic amines is 1. The number of piperazine rings is 1. The van der Waals surface area contributed by atoms with Gasteiger partial charge in [0.25, 0.3) is 0 Å². The van der Waals surface area contributed by atoms with Gasteiger partial charge in [0.2, 0.25) is 5.88 Å². The molecular weight excluding hydrogens is 438 g/mol. The molecular formula is C27H37N7O. The molecule has 4 unspecified atom stereocenters. The fraction of sp³-hybridized carbons (Fsp3) is 0.630. The lowest BCUT2D eigenvalue weighted by Gasteiger charge is -2.65. The second-order valence-electron chi connectivity index (χ2n) is 11.1. The Balaban J connectivity index is 1.43. The number of hydrogen-bond donors (Lipinski definition) is 2. The van der Waals surface area contributed by atoms with Gasteiger partial charge in [-0.2, -0.15) is 10.4 Å². The Kier molecular flexibility index (Phi) is 6.18. The molecule has 1 aliphatic carbocycles. The van der Waals surface area contributed by atoms with E-state index in [0.29, 0.717) is 41.3 Å². The third-order valence-corrected chi connectivity index (χ3v) is 9.85. The quantitative estimate of drug-likeness (QED) is 0.618. The molecule has 2 N–H and O–H groups in total. The normalized spacial score (nSPS) is 37.3. The summed E-state index contributed by atoms with van der Waals surface area (Å²) in [6.45, 7) is 12.3. The zero-order valence-corrected chi connectivity index (χ0v) is 21.4. The number of H-pyrrole nitrogens is 1. The van der Waals surface area contributed by atoms with Gasteiger partial charge in [-0.3, -0.25) is 14.9 Å². The van der Waals surface area contributed by atoms with Crippen molar-refractivity contribution in [2.45, 2.75) is 64.2 Å². The molecule has 3 saturated heterocycles. The van der Waals surface area contributed by atoms with Crippen molar-refractivity contribution in [3.63, 3.8) is 0 Å². The lowest BCUT2D eigenvalue weighted by atomic mass is 9.53. The summed E-state index contributed by atoms with van der Waals surface area (Å²) in [6.07, 6.45) is 6.42. The van der Waals surface area contributed by atoms with Crippen molar-refractivity contribution in [2.24, 2.45) is 23.7 Å². The highest BCUT2D eigenvalue weighted by Crippen LogP contribution is 2.56. The number of nitrogens with one attached hydrogen (secondary N) is 2. The van der Waals surface area contributed by atoms with Crippen LogP contribution in [0.4, 0.5) is 0 Å². The lowest BCUT2D eigenvalue weighted by Crippen LogP contribution is -2.74. The average molecular weight is 476 g/mol. The van der Waals surface area contributed by atoms with Crippen LogP contribution in [-0.4, -0.2) is 69.0 Å². The molecule has 3 aliphatic heterocycles. The summed E-state index contributed by atoms with van der Waals surface area (Å²) in [5, 5.41) is 25.6. The Hall–Kier alpha value is -2.76. The van der Waals surface area contributed by atoms with Gasteiger partial charge in [0.05, 0.1) is 24.6 Å². The SMILES string of the molecule is COc1ccc(CN2C3CC2CN(C2(C)C(c4[nH]ncc4C#N)[C@H](C=N)[C@H](C)[C@H](C)[C@@H]2C)C3)cn1. The van der Waals surface area contributed by atoms with Crippen molar-refractivity contribution in [1.29, 1.82) is 10.7 Å². The monoisotopic (exact) mass is 475 g/mol. The molecule has 8 heteroatoms. The van der Waals surface area contributed by atoms with Crippen molar-refractivity contribution >= 4 is 6.21 Å². The highest BCUT2D eigenvalue weighted by molar-refractivity contribution is 5.61. The molecule has 186 valence electrons. The standard InChI is InChI=1S/C27H37N7O/c1-16-17(2)23(10-29)25(26-20(9-28)12-31-32-26)27(4,18(16)3)33-14-21-8-22(15-33)34(21)13-19-6-7-24(35-5)30-11-19/h6-7,10-12,16-18,21-23,25,29H,8,13-15H2,1-5H3,(H,31,32)/t16-,17+,18-,21?,22?,23+,25?,27?/m0/s1. The van der Waals surface area contributed by atoms with E-state index in [4.69, 9.17) is 10.1 Å². The second kappa shape index (κ2) is 9.03. The maximum atomic E-state index is 9.82. The van der Waals surface area contributed by atoms with Gasteiger partial charge in [-0.15, -0.1) is 0 Å². The maximum absolute atomic E-state index is 9.82. The summed E-state index contributed by atoms with van der Waals surface area (Å²) in [4.78, 5) is 9.68. The van der Waals surface area contributed by atoms with Crippen LogP contribution in [0.25, 0.3) is 0 Å². The molecule has 4 aliphatic rings. The minimum absolute atomic E-state index is 0.0232. The van der Waals surface area contributed by atoms with Gasteiger partial charge in [-0.25, -0.2) is 4.98 Å². The van der Waals surface area contributed by atoms with Crippen molar-refractivity contribution in [3.8, 4) is 11.9 Å². The van der Waals surface area contributed by atoms with Gasteiger partial charge in [-0.1, -0.05) is 26.8 Å². The van der Waals surface area contributed by atoms with Crippen molar-refractivity contribution in [2.75, 3.05) is 20.2 Å². The molecule has 1 saturated carbocycles. The topological polar surface area (TPSA) is 105 Å². The molecule has 4 fully saturated rings. The summed E-state index contributed by atoms with van der Waals surface area (Å²) in [7, 11) is 1.64. The largest absolute Gasteiger partial charge is 0.481 e. The number of hydrogen-bond acceptors (Lipinski definition) is 7. The fourth-order valence-electron chi connectivity index (χ4n) is 7.33. The van der Waals surface area contributed by atoms with Crippen LogP contribution in [0.1, 0.15) is 56.9 Å². The molecule has 0 radical (unpaired) electrons. The molecule has 8 atom stereocenters. The molecule has 8 nitrogen and oxygen atoms in total. The number of aromatic nitrogens is 3. The summed E-state index contributed by atoms with van der Waals surface area (Å²) < 4.78 is 5.21. The van der Waals surface area contributed by atoms with Crippen molar-refractivity contribution < 1.29 is 4.74 Å². The summed E-state index contributed by atoms with van der Waals surface area (Å²) >= 11 is 0. The van der Waals surface area contributed by atoms with Gasteiger partial charge < -0.3 is 10.1 Å². The number of fused-ring (bicyclic) bond motifs is 2. The molecule has 6 rings (SSSR count). The Morgan fingerprint density at radius 2 is 1.97 bits per heavy atom. The lowest BCUT2D eigenvalue weighted by molar-refractivity contribution is -0.145. The van der Waals surface area contributed by atoms with E-state index in [9.17, 15) is 5.26 Å². The van der Waals surface area contributed by atoms with Gasteiger partial charge in [0.1, 0.15) is 6.07 Å². The summed E-state index contributed by atoms with van der Waals surface area (Å²) in [5.74, 6) is 1.96. The third kappa shape index (κ3) is 3.68. The fourth-order valence-corrected chi connectivity index (χ4v) is 7.33. The van der Waals surface area contributed by atoms with E-state index in [2.05, 4.69) is 64.8 Å². The minimum atomic E-state index is -0.184. The van der Waals surface area contributed by atoms with E-state index in [1.807, 2.05) is 12.3 Å².